The Hall–Kier alpha value is -2.01. The maximum Gasteiger partial charge on any atom is 0.416 e. The molecule has 0 spiro atoms. The third kappa shape index (κ3) is 6.49. The number of rotatable bonds is 5. The van der Waals surface area contributed by atoms with E-state index in [9.17, 15) is 31.1 Å². The van der Waals surface area contributed by atoms with Gasteiger partial charge in [-0.2, -0.15) is 26.3 Å². The Balaban J connectivity index is 2.09. The van der Waals surface area contributed by atoms with Crippen LogP contribution in [0.15, 0.2) is 18.2 Å². The summed E-state index contributed by atoms with van der Waals surface area (Å²) in [6.45, 7) is 3.53. The molecule has 2 rings (SSSR count). The Morgan fingerprint density at radius 3 is 2.17 bits per heavy atom. The monoisotopic (exact) mass is 428 g/mol. The Morgan fingerprint density at radius 1 is 1.21 bits per heavy atom. The van der Waals surface area contributed by atoms with Crippen molar-refractivity contribution in [3.63, 3.8) is 0 Å². The van der Waals surface area contributed by atoms with Crippen molar-refractivity contribution >= 4 is 6.09 Å². The predicted octanol–water partition coefficient (Wildman–Crippen LogP) is 4.41. The van der Waals surface area contributed by atoms with Crippen LogP contribution in [0.2, 0.25) is 0 Å². The summed E-state index contributed by atoms with van der Waals surface area (Å²) in [5, 5.41) is 3.11. The van der Waals surface area contributed by atoms with E-state index in [2.05, 4.69) is 5.32 Å². The van der Waals surface area contributed by atoms with Crippen molar-refractivity contribution in [1.82, 2.24) is 5.32 Å². The quantitative estimate of drug-likeness (QED) is 0.682. The van der Waals surface area contributed by atoms with Crippen LogP contribution < -0.4 is 11.1 Å². The van der Waals surface area contributed by atoms with Crippen LogP contribution in [0.1, 0.15) is 49.5 Å². The molecule has 1 amide bonds. The molecule has 164 valence electrons. The zero-order valence-corrected chi connectivity index (χ0v) is 15.8. The maximum atomic E-state index is 13.0. The van der Waals surface area contributed by atoms with Crippen LogP contribution in [-0.4, -0.2) is 30.9 Å². The molecule has 0 bridgehead atoms. The SMILES string of the molecule is C[C@@H](OC[C@@]1(C)CC[C@H](OC(N)=O)CN1)c1cc(C(F)(F)F)cc(C(F)(F)F)c1. The molecule has 0 saturated carbocycles. The number of carbonyl (C=O) groups is 1. The number of primary amides is 1. The standard InChI is InChI=1S/C18H22F6N2O3/c1-10(28-9-16(2)4-3-14(8-26-16)29-15(25)27)11-5-12(17(19,20)21)7-13(6-11)18(22,23)24/h5-7,10,14,26H,3-4,8-9H2,1-2H3,(H2,25,27)/t10-,14+,16-/m1/s1. The van der Waals surface area contributed by atoms with Crippen molar-refractivity contribution < 1.29 is 40.6 Å². The van der Waals surface area contributed by atoms with Crippen molar-refractivity contribution in [2.75, 3.05) is 13.2 Å². The van der Waals surface area contributed by atoms with E-state index in [4.69, 9.17) is 15.2 Å². The number of piperidine rings is 1. The Bertz CT molecular complexity index is 695. The van der Waals surface area contributed by atoms with Crippen molar-refractivity contribution in [3.05, 3.63) is 34.9 Å². The van der Waals surface area contributed by atoms with Gasteiger partial charge in [0.15, 0.2) is 0 Å². The number of hydrogen-bond donors (Lipinski definition) is 2. The van der Waals surface area contributed by atoms with E-state index < -0.39 is 47.3 Å². The Kier molecular flexibility index (Phi) is 6.73. The second kappa shape index (κ2) is 8.39. The largest absolute Gasteiger partial charge is 0.445 e. The van der Waals surface area contributed by atoms with Crippen molar-refractivity contribution in [2.24, 2.45) is 5.73 Å². The van der Waals surface area contributed by atoms with Crippen LogP contribution in [0.3, 0.4) is 0 Å². The number of carbonyl (C=O) groups excluding carboxylic acids is 1. The zero-order valence-electron chi connectivity index (χ0n) is 15.8. The highest BCUT2D eigenvalue weighted by molar-refractivity contribution is 5.64. The van der Waals surface area contributed by atoms with Crippen molar-refractivity contribution in [3.8, 4) is 0 Å². The number of alkyl halides is 6. The van der Waals surface area contributed by atoms with Crippen LogP contribution in [0, 0.1) is 0 Å². The third-order valence-corrected chi connectivity index (χ3v) is 4.79. The lowest BCUT2D eigenvalue weighted by Gasteiger charge is -2.38. The number of amides is 1. The van der Waals surface area contributed by atoms with Gasteiger partial charge in [-0.15, -0.1) is 0 Å². The van der Waals surface area contributed by atoms with Crippen LogP contribution >= 0.6 is 0 Å². The summed E-state index contributed by atoms with van der Waals surface area (Å²) >= 11 is 0. The highest BCUT2D eigenvalue weighted by atomic mass is 19.4. The first-order chi connectivity index (χ1) is 13.2. The first kappa shape index (κ1) is 23.3. The number of nitrogens with two attached hydrogens (primary N) is 1. The van der Waals surface area contributed by atoms with E-state index in [1.54, 1.807) is 6.92 Å². The number of hydrogen-bond acceptors (Lipinski definition) is 4. The molecule has 11 heteroatoms. The lowest BCUT2D eigenvalue weighted by molar-refractivity contribution is -0.143. The molecule has 1 aliphatic heterocycles. The van der Waals surface area contributed by atoms with E-state index in [0.29, 0.717) is 31.5 Å². The smallest absolute Gasteiger partial charge is 0.416 e. The van der Waals surface area contributed by atoms with Crippen LogP contribution in [0.5, 0.6) is 0 Å². The summed E-state index contributed by atoms with van der Waals surface area (Å²) in [6, 6.07) is 1.40. The van der Waals surface area contributed by atoms with E-state index in [-0.39, 0.29) is 18.2 Å². The Labute approximate surface area is 163 Å². The van der Waals surface area contributed by atoms with E-state index in [1.807, 2.05) is 0 Å². The highest BCUT2D eigenvalue weighted by Gasteiger charge is 2.38. The van der Waals surface area contributed by atoms with Gasteiger partial charge >= 0.3 is 18.4 Å². The molecule has 1 aliphatic rings. The molecule has 3 atom stereocenters. The summed E-state index contributed by atoms with van der Waals surface area (Å²) in [5.74, 6) is 0. The molecule has 0 unspecified atom stereocenters. The maximum absolute atomic E-state index is 13.0. The summed E-state index contributed by atoms with van der Waals surface area (Å²) in [4.78, 5) is 10.8. The average molecular weight is 428 g/mol. The molecule has 5 nitrogen and oxygen atoms in total. The minimum absolute atomic E-state index is 0.0368. The first-order valence-corrected chi connectivity index (χ1v) is 8.82. The average Bonchev–Trinajstić information content (AvgIpc) is 2.60. The fourth-order valence-electron chi connectivity index (χ4n) is 3.04. The minimum Gasteiger partial charge on any atom is -0.445 e. The normalized spacial score (nSPS) is 24.2. The molecule has 1 aromatic carbocycles. The van der Waals surface area contributed by atoms with E-state index in [0.717, 1.165) is 0 Å². The van der Waals surface area contributed by atoms with Gasteiger partial charge in [-0.3, -0.25) is 0 Å². The number of nitrogens with one attached hydrogen (secondary N) is 1. The first-order valence-electron chi connectivity index (χ1n) is 8.82. The van der Waals surface area contributed by atoms with Gasteiger partial charge < -0.3 is 20.5 Å². The van der Waals surface area contributed by atoms with Gasteiger partial charge in [0.05, 0.1) is 23.8 Å². The molecule has 1 aromatic rings. The molecule has 1 saturated heterocycles. The van der Waals surface area contributed by atoms with Crippen molar-refractivity contribution in [1.29, 1.82) is 0 Å². The second-order valence-corrected chi connectivity index (χ2v) is 7.33. The number of ether oxygens (including phenoxy) is 2. The molecule has 0 aromatic heterocycles. The van der Waals surface area contributed by atoms with Gasteiger partial charge in [0.25, 0.3) is 0 Å². The Morgan fingerprint density at radius 2 is 1.76 bits per heavy atom. The minimum atomic E-state index is -4.91. The molecule has 0 radical (unpaired) electrons. The number of benzene rings is 1. The molecule has 29 heavy (non-hydrogen) atoms. The van der Waals surface area contributed by atoms with Crippen LogP contribution in [0.25, 0.3) is 0 Å². The van der Waals surface area contributed by atoms with Gasteiger partial charge in [0.2, 0.25) is 0 Å². The fraction of sp³-hybridized carbons (Fsp3) is 0.611. The predicted molar refractivity (Wildman–Crippen MR) is 90.9 cm³/mol. The highest BCUT2D eigenvalue weighted by Crippen LogP contribution is 2.38. The van der Waals surface area contributed by atoms with E-state index >= 15 is 0 Å². The topological polar surface area (TPSA) is 73.6 Å². The molecule has 1 fully saturated rings. The second-order valence-electron chi connectivity index (χ2n) is 7.33. The lowest BCUT2D eigenvalue weighted by Crippen LogP contribution is -2.54. The molecule has 0 aliphatic carbocycles. The van der Waals surface area contributed by atoms with Crippen LogP contribution in [-0.2, 0) is 21.8 Å². The van der Waals surface area contributed by atoms with Crippen molar-refractivity contribution in [2.45, 2.75) is 56.8 Å². The van der Waals surface area contributed by atoms with Gasteiger partial charge in [-0.25, -0.2) is 4.79 Å². The van der Waals surface area contributed by atoms with Gasteiger partial charge in [-0.1, -0.05) is 0 Å². The molecular formula is C18H22F6N2O3. The van der Waals surface area contributed by atoms with Gasteiger partial charge in [0, 0.05) is 12.1 Å². The fourth-order valence-corrected chi connectivity index (χ4v) is 3.04. The molecule has 3 N–H and O–H groups in total. The summed E-state index contributed by atoms with van der Waals surface area (Å²) in [5.41, 5.74) is 1.40. The van der Waals surface area contributed by atoms with Gasteiger partial charge in [-0.05, 0) is 50.5 Å². The molecular weight excluding hydrogens is 406 g/mol. The summed E-state index contributed by atoms with van der Waals surface area (Å²) < 4.78 is 88.5. The lowest BCUT2D eigenvalue weighted by atomic mass is 9.90. The third-order valence-electron chi connectivity index (χ3n) is 4.79. The molecule has 1 heterocycles. The van der Waals surface area contributed by atoms with Gasteiger partial charge in [0.1, 0.15) is 6.10 Å². The van der Waals surface area contributed by atoms with Crippen LogP contribution in [0.4, 0.5) is 31.1 Å². The zero-order chi connectivity index (χ0) is 22.0. The number of halogens is 6. The van der Waals surface area contributed by atoms with E-state index in [1.165, 1.54) is 6.92 Å². The summed E-state index contributed by atoms with van der Waals surface area (Å²) in [7, 11) is 0. The summed E-state index contributed by atoms with van der Waals surface area (Å²) in [6.07, 6.45) is -11.1.